The van der Waals surface area contributed by atoms with Gasteiger partial charge in [0.25, 0.3) is 0 Å². The molecular weight excluding hydrogens is 184 g/mol. The van der Waals surface area contributed by atoms with Crippen molar-refractivity contribution in [3.63, 3.8) is 0 Å². The molecule has 0 aliphatic rings. The van der Waals surface area contributed by atoms with E-state index < -0.39 is 0 Å². The van der Waals surface area contributed by atoms with Crippen LogP contribution in [0.4, 0.5) is 11.4 Å². The van der Waals surface area contributed by atoms with E-state index in [1.54, 1.807) is 0 Å². The molecule has 0 bridgehead atoms. The van der Waals surface area contributed by atoms with Gasteiger partial charge in [0, 0.05) is 11.4 Å². The fourth-order valence-electron chi connectivity index (χ4n) is 1.74. The molecule has 2 rings (SSSR count). The number of fused-ring (bicyclic) bond motifs is 1. The predicted molar refractivity (Wildman–Crippen MR) is 67.1 cm³/mol. The van der Waals surface area contributed by atoms with Crippen LogP contribution in [-0.2, 0) is 0 Å². The fourth-order valence-corrected chi connectivity index (χ4v) is 1.74. The van der Waals surface area contributed by atoms with Gasteiger partial charge in [-0.25, -0.2) is 0 Å². The molecule has 2 nitrogen and oxygen atoms in total. The lowest BCUT2D eigenvalue weighted by Crippen LogP contribution is -2.11. The van der Waals surface area contributed by atoms with Crippen LogP contribution in [0.3, 0.4) is 0 Å². The smallest absolute Gasteiger partial charge is 0.0655 e. The number of hydrogen-bond acceptors (Lipinski definition) is 2. The molecule has 0 aromatic heterocycles. The summed E-state index contributed by atoms with van der Waals surface area (Å²) in [6.07, 6.45) is 0. The SMILES string of the molecule is CC(C)Nc1c(N)ccc2ccccc12. The highest BCUT2D eigenvalue weighted by atomic mass is 14.9. The third-order valence-corrected chi connectivity index (χ3v) is 2.39. The third kappa shape index (κ3) is 1.89. The van der Waals surface area contributed by atoms with E-state index in [2.05, 4.69) is 37.4 Å². The molecule has 2 aromatic rings. The van der Waals surface area contributed by atoms with Gasteiger partial charge in [-0.15, -0.1) is 0 Å². The molecule has 0 aliphatic heterocycles. The van der Waals surface area contributed by atoms with Crippen molar-refractivity contribution in [2.75, 3.05) is 11.1 Å². The largest absolute Gasteiger partial charge is 0.397 e. The number of benzene rings is 2. The lowest BCUT2D eigenvalue weighted by atomic mass is 10.1. The van der Waals surface area contributed by atoms with Crippen molar-refractivity contribution >= 4 is 22.1 Å². The van der Waals surface area contributed by atoms with Crippen molar-refractivity contribution in [2.45, 2.75) is 19.9 Å². The zero-order chi connectivity index (χ0) is 10.8. The first-order chi connectivity index (χ1) is 7.18. The molecule has 0 heterocycles. The highest BCUT2D eigenvalue weighted by Crippen LogP contribution is 2.29. The van der Waals surface area contributed by atoms with Gasteiger partial charge in [0.1, 0.15) is 0 Å². The average Bonchev–Trinajstić information content (AvgIpc) is 2.22. The predicted octanol–water partition coefficient (Wildman–Crippen LogP) is 3.24. The van der Waals surface area contributed by atoms with Crippen molar-refractivity contribution in [3.05, 3.63) is 36.4 Å². The second-order valence-electron chi connectivity index (χ2n) is 4.05. The lowest BCUT2D eigenvalue weighted by Gasteiger charge is -2.15. The summed E-state index contributed by atoms with van der Waals surface area (Å²) < 4.78 is 0. The van der Waals surface area contributed by atoms with E-state index in [1.165, 1.54) is 10.8 Å². The van der Waals surface area contributed by atoms with Crippen molar-refractivity contribution < 1.29 is 0 Å². The van der Waals surface area contributed by atoms with Gasteiger partial charge < -0.3 is 11.1 Å². The zero-order valence-electron chi connectivity index (χ0n) is 9.12. The van der Waals surface area contributed by atoms with Gasteiger partial charge in [-0.05, 0) is 25.3 Å². The van der Waals surface area contributed by atoms with Gasteiger partial charge in [0.2, 0.25) is 0 Å². The number of nitrogens with one attached hydrogen (secondary N) is 1. The van der Waals surface area contributed by atoms with Gasteiger partial charge >= 0.3 is 0 Å². The maximum Gasteiger partial charge on any atom is 0.0655 e. The topological polar surface area (TPSA) is 38.0 Å². The van der Waals surface area contributed by atoms with Crippen LogP contribution < -0.4 is 11.1 Å². The Balaban J connectivity index is 2.63. The maximum atomic E-state index is 5.97. The Morgan fingerprint density at radius 3 is 2.53 bits per heavy atom. The molecule has 2 heteroatoms. The summed E-state index contributed by atoms with van der Waals surface area (Å²) in [5.74, 6) is 0. The van der Waals surface area contributed by atoms with Crippen LogP contribution in [-0.4, -0.2) is 6.04 Å². The van der Waals surface area contributed by atoms with E-state index in [-0.39, 0.29) is 0 Å². The Hall–Kier alpha value is -1.70. The maximum absolute atomic E-state index is 5.97. The molecule has 0 amide bonds. The number of anilines is 2. The van der Waals surface area contributed by atoms with Crippen molar-refractivity contribution in [3.8, 4) is 0 Å². The minimum Gasteiger partial charge on any atom is -0.397 e. The van der Waals surface area contributed by atoms with E-state index in [1.807, 2.05) is 18.2 Å². The molecule has 15 heavy (non-hydrogen) atoms. The Morgan fingerprint density at radius 2 is 1.80 bits per heavy atom. The van der Waals surface area contributed by atoms with E-state index in [4.69, 9.17) is 5.73 Å². The Kier molecular flexibility index (Phi) is 2.50. The Morgan fingerprint density at radius 1 is 1.07 bits per heavy atom. The molecule has 0 saturated carbocycles. The second-order valence-corrected chi connectivity index (χ2v) is 4.05. The normalized spacial score (nSPS) is 10.9. The van der Waals surface area contributed by atoms with Crippen molar-refractivity contribution in [1.82, 2.24) is 0 Å². The Bertz CT molecular complexity index is 475. The van der Waals surface area contributed by atoms with E-state index in [0.717, 1.165) is 11.4 Å². The van der Waals surface area contributed by atoms with Crippen LogP contribution in [0.25, 0.3) is 10.8 Å². The summed E-state index contributed by atoms with van der Waals surface area (Å²) in [5.41, 5.74) is 7.82. The molecule has 0 aliphatic carbocycles. The quantitative estimate of drug-likeness (QED) is 0.730. The highest BCUT2D eigenvalue weighted by molar-refractivity contribution is 5.99. The lowest BCUT2D eigenvalue weighted by molar-refractivity contribution is 0.902. The van der Waals surface area contributed by atoms with E-state index in [9.17, 15) is 0 Å². The number of hydrogen-bond donors (Lipinski definition) is 2. The molecule has 0 atom stereocenters. The summed E-state index contributed by atoms with van der Waals surface area (Å²) in [7, 11) is 0. The third-order valence-electron chi connectivity index (χ3n) is 2.39. The molecule has 2 aromatic carbocycles. The summed E-state index contributed by atoms with van der Waals surface area (Å²) in [6.45, 7) is 4.22. The fraction of sp³-hybridized carbons (Fsp3) is 0.231. The van der Waals surface area contributed by atoms with Gasteiger partial charge in [-0.3, -0.25) is 0 Å². The number of nitrogen functional groups attached to an aromatic ring is 1. The standard InChI is InChI=1S/C13H16N2/c1-9(2)15-13-11-6-4-3-5-10(11)7-8-12(13)14/h3-9,15H,14H2,1-2H3. The summed E-state index contributed by atoms with van der Waals surface area (Å²) in [6, 6.07) is 12.7. The molecule has 0 fully saturated rings. The minimum absolute atomic E-state index is 0.387. The van der Waals surface area contributed by atoms with Crippen LogP contribution in [0.1, 0.15) is 13.8 Å². The first kappa shape index (κ1) is 9.84. The van der Waals surface area contributed by atoms with Crippen LogP contribution in [0.15, 0.2) is 36.4 Å². The van der Waals surface area contributed by atoms with Gasteiger partial charge in [-0.1, -0.05) is 30.3 Å². The molecule has 3 N–H and O–H groups in total. The Labute approximate surface area is 90.1 Å². The highest BCUT2D eigenvalue weighted by Gasteiger charge is 2.05. The summed E-state index contributed by atoms with van der Waals surface area (Å²) in [5, 5.41) is 5.79. The number of rotatable bonds is 2. The van der Waals surface area contributed by atoms with E-state index in [0.29, 0.717) is 6.04 Å². The average molecular weight is 200 g/mol. The number of nitrogens with two attached hydrogens (primary N) is 1. The van der Waals surface area contributed by atoms with Crippen LogP contribution in [0.5, 0.6) is 0 Å². The molecular formula is C13H16N2. The molecule has 0 unspecified atom stereocenters. The van der Waals surface area contributed by atoms with Gasteiger partial charge in [0.05, 0.1) is 11.4 Å². The van der Waals surface area contributed by atoms with Crippen molar-refractivity contribution in [2.24, 2.45) is 0 Å². The first-order valence-electron chi connectivity index (χ1n) is 5.22. The van der Waals surface area contributed by atoms with Crippen LogP contribution >= 0.6 is 0 Å². The first-order valence-corrected chi connectivity index (χ1v) is 5.22. The van der Waals surface area contributed by atoms with Crippen molar-refractivity contribution in [1.29, 1.82) is 0 Å². The second kappa shape index (κ2) is 3.81. The zero-order valence-corrected chi connectivity index (χ0v) is 9.12. The van der Waals surface area contributed by atoms with Gasteiger partial charge in [-0.2, -0.15) is 0 Å². The summed E-state index contributed by atoms with van der Waals surface area (Å²) >= 11 is 0. The van der Waals surface area contributed by atoms with Crippen LogP contribution in [0, 0.1) is 0 Å². The molecule has 0 radical (unpaired) electrons. The molecule has 0 spiro atoms. The van der Waals surface area contributed by atoms with Gasteiger partial charge in [0.15, 0.2) is 0 Å². The van der Waals surface area contributed by atoms with Crippen LogP contribution in [0.2, 0.25) is 0 Å². The summed E-state index contributed by atoms with van der Waals surface area (Å²) in [4.78, 5) is 0. The van der Waals surface area contributed by atoms with E-state index >= 15 is 0 Å². The minimum atomic E-state index is 0.387. The molecule has 0 saturated heterocycles. The monoisotopic (exact) mass is 200 g/mol. The molecule has 78 valence electrons.